The Balaban J connectivity index is 0.920. The number of alkyl carbamates (subject to hydrolysis) is 1. The van der Waals surface area contributed by atoms with E-state index in [0.717, 1.165) is 51.3 Å². The summed E-state index contributed by atoms with van der Waals surface area (Å²) in [5.41, 5.74) is 4.01. The molecule has 66 heavy (non-hydrogen) atoms. The first kappa shape index (κ1) is 42.0. The van der Waals surface area contributed by atoms with E-state index in [9.17, 15) is 14.4 Å². The summed E-state index contributed by atoms with van der Waals surface area (Å²) >= 11 is 1.63. The summed E-state index contributed by atoms with van der Waals surface area (Å²) in [4.78, 5) is 64.9. The third-order valence-electron chi connectivity index (χ3n) is 13.2. The highest BCUT2D eigenvalue weighted by atomic mass is 32.1. The van der Waals surface area contributed by atoms with Gasteiger partial charge in [-0.2, -0.15) is 0 Å². The van der Waals surface area contributed by atoms with Gasteiger partial charge in [-0.1, -0.05) is 31.8 Å². The lowest BCUT2D eigenvalue weighted by Gasteiger charge is -2.31. The second-order valence-corrected chi connectivity index (χ2v) is 20.3. The number of thiazole rings is 1. The van der Waals surface area contributed by atoms with Crippen LogP contribution in [-0.4, -0.2) is 88.7 Å². The van der Waals surface area contributed by atoms with Gasteiger partial charge in [-0.15, -0.1) is 11.3 Å². The molecule has 15 nitrogen and oxygen atoms in total. The predicted molar refractivity (Wildman–Crippen MR) is 244 cm³/mol. The van der Waals surface area contributed by atoms with Crippen molar-refractivity contribution in [1.29, 1.82) is 0 Å². The number of hydrogen-bond acceptors (Lipinski definition) is 10. The molecule has 17 heteroatoms. The van der Waals surface area contributed by atoms with Crippen LogP contribution in [0.5, 0.6) is 5.75 Å². The number of rotatable bonds is 9. The van der Waals surface area contributed by atoms with Gasteiger partial charge in [-0.05, 0) is 89.1 Å². The Morgan fingerprint density at radius 2 is 1.71 bits per heavy atom. The molecule has 3 fully saturated rings. The van der Waals surface area contributed by atoms with Crippen LogP contribution in [0.2, 0.25) is 0 Å². The quantitative estimate of drug-likeness (QED) is 0.120. The van der Waals surface area contributed by atoms with E-state index in [1.165, 1.54) is 13.2 Å². The lowest BCUT2D eigenvalue weighted by molar-refractivity contribution is -0.135. The minimum Gasteiger partial charge on any atom is -0.464 e. The van der Waals surface area contributed by atoms with Crippen LogP contribution in [0.25, 0.3) is 44.7 Å². The number of imidazole rings is 2. The molecule has 1 unspecified atom stereocenters. The zero-order chi connectivity index (χ0) is 45.8. The van der Waals surface area contributed by atoms with Gasteiger partial charge in [0.1, 0.15) is 40.9 Å². The largest absolute Gasteiger partial charge is 0.464 e. The number of aromatic nitrogens is 6. The van der Waals surface area contributed by atoms with Gasteiger partial charge in [0.15, 0.2) is 0 Å². The van der Waals surface area contributed by atoms with Gasteiger partial charge in [-0.25, -0.2) is 28.9 Å². The molecule has 11 rings (SSSR count). The number of carbonyl (C=O) groups is 3. The van der Waals surface area contributed by atoms with Crippen molar-refractivity contribution in [1.82, 2.24) is 44.6 Å². The molecule has 7 heterocycles. The Morgan fingerprint density at radius 3 is 2.41 bits per heavy atom. The van der Waals surface area contributed by atoms with Crippen molar-refractivity contribution in [3.05, 3.63) is 82.3 Å². The molecule has 6 aromatic rings. The number of fused-ring (bicyclic) bond motifs is 6. The summed E-state index contributed by atoms with van der Waals surface area (Å²) in [5, 5.41) is 4.65. The maximum Gasteiger partial charge on any atom is 0.411 e. The summed E-state index contributed by atoms with van der Waals surface area (Å²) in [5.74, 6) is 7.66. The second kappa shape index (κ2) is 15.7. The van der Waals surface area contributed by atoms with E-state index in [0.29, 0.717) is 65.2 Å². The number of hydrogen-bond donors (Lipinski definition) is 3. The number of carbonyl (C=O) groups excluding carboxylic acids is 3. The third kappa shape index (κ3) is 7.26. The molecule has 5 aliphatic rings. The average Bonchev–Trinajstić information content (AvgIpc) is 3.93. The zero-order valence-corrected chi connectivity index (χ0v) is 38.3. The number of benzene rings is 2. The van der Waals surface area contributed by atoms with Crippen LogP contribution >= 0.6 is 11.3 Å². The fourth-order valence-electron chi connectivity index (χ4n) is 9.79. The molecule has 2 saturated heterocycles. The van der Waals surface area contributed by atoms with Gasteiger partial charge >= 0.3 is 12.2 Å². The number of methoxy groups -OCH3 is 1. The lowest BCUT2D eigenvalue weighted by atomic mass is 9.92. The standard InChI is InChI=1S/C49H50FN9O6S/c1-24(2)41(56-47(61)63-6)45(60)57-15-7-8-35(57)42-51-22-32(55-42)28-17-30(50)40-36-19-29-16-26(11-13-34(29)58(36)46(64-38(40)20-28)39-23-53-44(66-39)25-9-10-25)31-21-52-43(54-31)37-18-27-12-14-33(27)59(37)48(62)65-49(3,4)5/h11,13,16-17,19-25,27,33,35,37,41,46H,7-10,15,18H2,1-6H3,(H,51,55)(H,52,54)(H,56,61)/t27-,33-,35+,37+,41+,46?/m1/s1. The van der Waals surface area contributed by atoms with E-state index in [-0.39, 0.29) is 35.9 Å². The van der Waals surface area contributed by atoms with Gasteiger partial charge in [0.05, 0.1) is 75.6 Å². The molecule has 0 radical (unpaired) electrons. The summed E-state index contributed by atoms with van der Waals surface area (Å²) in [6.45, 7) is 9.83. The van der Waals surface area contributed by atoms with Gasteiger partial charge in [0.25, 0.3) is 0 Å². The SMILES string of the molecule is COC(=O)N[C@H](C(=O)N1CCC[C@H]1c1ncc(-c2cc(F)c3c(c2)OC(c2cnc(C4CC4)s2)n2c-3cc3cc(-c4cnc([C@@H]5C[C@H]6C#C[C@H]6N5C(=O)OC(C)(C)C)[nH]4)ccc32)[nH]1)C(C)C. The molecule has 2 aromatic carbocycles. The van der Waals surface area contributed by atoms with Crippen LogP contribution in [0.15, 0.2) is 55.0 Å². The molecule has 340 valence electrons. The normalized spacial score (nSPS) is 22.2. The molecule has 0 spiro atoms. The maximum absolute atomic E-state index is 16.9. The Kier molecular flexibility index (Phi) is 10.0. The minimum atomic E-state index is -0.766. The number of H-pyrrole nitrogens is 2. The minimum absolute atomic E-state index is 0.0764. The highest BCUT2D eigenvalue weighted by Crippen LogP contribution is 2.50. The molecular weight excluding hydrogens is 862 g/mol. The van der Waals surface area contributed by atoms with Crippen LogP contribution < -0.4 is 10.1 Å². The van der Waals surface area contributed by atoms with Gasteiger partial charge in [0, 0.05) is 35.2 Å². The van der Waals surface area contributed by atoms with Crippen LogP contribution in [0.1, 0.15) is 112 Å². The number of nitrogens with zero attached hydrogens (tertiary/aromatic N) is 6. The van der Waals surface area contributed by atoms with Crippen molar-refractivity contribution in [2.45, 2.75) is 109 Å². The topological polar surface area (TPSA) is 173 Å². The van der Waals surface area contributed by atoms with Gasteiger partial charge in [0.2, 0.25) is 12.1 Å². The van der Waals surface area contributed by atoms with Crippen molar-refractivity contribution in [2.24, 2.45) is 11.8 Å². The van der Waals surface area contributed by atoms with E-state index >= 15 is 4.39 Å². The van der Waals surface area contributed by atoms with Gasteiger partial charge in [-0.3, -0.25) is 14.3 Å². The van der Waals surface area contributed by atoms with Crippen LogP contribution in [0.4, 0.5) is 14.0 Å². The first-order valence-electron chi connectivity index (χ1n) is 22.6. The molecule has 4 aromatic heterocycles. The number of likely N-dealkylation sites (tertiary alicyclic amines) is 2. The fraction of sp³-hybridized carbons (Fsp3) is 0.429. The highest BCUT2D eigenvalue weighted by molar-refractivity contribution is 7.11. The van der Waals surface area contributed by atoms with Crippen molar-refractivity contribution < 1.29 is 33.0 Å². The second-order valence-electron chi connectivity index (χ2n) is 19.2. The number of amides is 3. The first-order chi connectivity index (χ1) is 31.7. The number of ether oxygens (including phenoxy) is 3. The van der Waals surface area contributed by atoms with Crippen LogP contribution in [-0.2, 0) is 14.3 Å². The van der Waals surface area contributed by atoms with Crippen LogP contribution in [0.3, 0.4) is 0 Å². The molecule has 3 N–H and O–H groups in total. The van der Waals surface area contributed by atoms with E-state index in [4.69, 9.17) is 29.2 Å². The Hall–Kier alpha value is -6.67. The summed E-state index contributed by atoms with van der Waals surface area (Å²) in [7, 11) is 1.27. The van der Waals surface area contributed by atoms with E-state index in [1.54, 1.807) is 33.5 Å². The van der Waals surface area contributed by atoms with E-state index in [2.05, 4.69) is 37.8 Å². The van der Waals surface area contributed by atoms with Crippen molar-refractivity contribution in [3.8, 4) is 51.4 Å². The predicted octanol–water partition coefficient (Wildman–Crippen LogP) is 9.23. The number of halogens is 1. The monoisotopic (exact) mass is 911 g/mol. The Bertz CT molecular complexity index is 3000. The van der Waals surface area contributed by atoms with Crippen molar-refractivity contribution >= 4 is 40.3 Å². The summed E-state index contributed by atoms with van der Waals surface area (Å²) in [6, 6.07) is 9.81. The lowest BCUT2D eigenvalue weighted by Crippen LogP contribution is -2.51. The fourth-order valence-corrected chi connectivity index (χ4v) is 10.9. The maximum atomic E-state index is 16.9. The Morgan fingerprint density at radius 1 is 0.955 bits per heavy atom. The molecule has 6 atom stereocenters. The van der Waals surface area contributed by atoms with Crippen molar-refractivity contribution in [3.63, 3.8) is 0 Å². The molecular formula is C49H50FN9O6S. The molecule has 2 aliphatic carbocycles. The molecule has 1 saturated carbocycles. The molecule has 3 amide bonds. The number of nitrogens with one attached hydrogen (secondary N) is 3. The summed E-state index contributed by atoms with van der Waals surface area (Å²) in [6.07, 6.45) is 7.99. The van der Waals surface area contributed by atoms with Crippen LogP contribution in [0, 0.1) is 29.5 Å². The smallest absolute Gasteiger partial charge is 0.411 e. The molecule has 3 aliphatic heterocycles. The van der Waals surface area contributed by atoms with Crippen molar-refractivity contribution in [2.75, 3.05) is 13.7 Å². The number of aromatic amines is 2. The first-order valence-corrected chi connectivity index (χ1v) is 23.4. The van der Waals surface area contributed by atoms with Gasteiger partial charge < -0.3 is 34.4 Å². The van der Waals surface area contributed by atoms with E-state index in [1.807, 2.05) is 65.1 Å². The molecule has 0 bridgehead atoms. The summed E-state index contributed by atoms with van der Waals surface area (Å²) < 4.78 is 36.4. The van der Waals surface area contributed by atoms with E-state index < -0.39 is 35.9 Å². The average molecular weight is 912 g/mol. The third-order valence-corrected chi connectivity index (χ3v) is 14.4. The highest BCUT2D eigenvalue weighted by Gasteiger charge is 2.49. The zero-order valence-electron chi connectivity index (χ0n) is 37.5. The Labute approximate surface area is 384 Å².